The summed E-state index contributed by atoms with van der Waals surface area (Å²) in [5.74, 6) is -2.45. The first-order chi connectivity index (χ1) is 18.2. The maximum atomic E-state index is 13.9. The zero-order chi connectivity index (χ0) is 27.2. The summed E-state index contributed by atoms with van der Waals surface area (Å²) < 4.78 is 17.2. The van der Waals surface area contributed by atoms with Gasteiger partial charge in [0.1, 0.15) is 22.5 Å². The van der Waals surface area contributed by atoms with E-state index in [1.807, 2.05) is 6.07 Å². The lowest BCUT2D eigenvalue weighted by molar-refractivity contribution is -0.126. The predicted molar refractivity (Wildman–Crippen MR) is 140 cm³/mol. The first-order valence-corrected chi connectivity index (χ1v) is 12.2. The SMILES string of the molecule is NC(=O)c1nsc(C(=O)N(Cc2ccccc2)[C@H](C(=O)NCc2ccc(F)cc2)c2ccc(O)cc2)c1N. The van der Waals surface area contributed by atoms with E-state index in [0.717, 1.165) is 5.56 Å². The minimum atomic E-state index is -1.16. The number of nitrogens with two attached hydrogens (primary N) is 2. The molecule has 0 saturated heterocycles. The van der Waals surface area contributed by atoms with Crippen molar-refractivity contribution >= 4 is 34.9 Å². The first kappa shape index (κ1) is 26.3. The summed E-state index contributed by atoms with van der Waals surface area (Å²) in [7, 11) is 0. The van der Waals surface area contributed by atoms with Gasteiger partial charge in [-0.1, -0.05) is 54.6 Å². The third kappa shape index (κ3) is 5.95. The molecule has 0 unspecified atom stereocenters. The molecule has 0 spiro atoms. The maximum Gasteiger partial charge on any atom is 0.270 e. The molecule has 1 atom stereocenters. The molecule has 1 aromatic heterocycles. The van der Waals surface area contributed by atoms with Gasteiger partial charge in [0.2, 0.25) is 5.91 Å². The van der Waals surface area contributed by atoms with Crippen LogP contribution < -0.4 is 16.8 Å². The van der Waals surface area contributed by atoms with E-state index in [-0.39, 0.29) is 35.1 Å². The number of nitrogen functional groups attached to an aromatic ring is 1. The summed E-state index contributed by atoms with van der Waals surface area (Å²) in [5.41, 5.74) is 12.8. The second-order valence-corrected chi connectivity index (χ2v) is 9.17. The number of carbonyl (C=O) groups excluding carboxylic acids is 3. The molecule has 38 heavy (non-hydrogen) atoms. The smallest absolute Gasteiger partial charge is 0.270 e. The van der Waals surface area contributed by atoms with Gasteiger partial charge >= 0.3 is 0 Å². The quantitative estimate of drug-likeness (QED) is 0.259. The van der Waals surface area contributed by atoms with Gasteiger partial charge in [-0.15, -0.1) is 0 Å². The van der Waals surface area contributed by atoms with Gasteiger partial charge in [0.05, 0.1) is 5.69 Å². The fourth-order valence-corrected chi connectivity index (χ4v) is 4.60. The van der Waals surface area contributed by atoms with Gasteiger partial charge < -0.3 is 26.8 Å². The number of phenols is 1. The Morgan fingerprint density at radius 1 is 0.974 bits per heavy atom. The highest BCUT2D eigenvalue weighted by molar-refractivity contribution is 7.09. The van der Waals surface area contributed by atoms with Gasteiger partial charge in [0.25, 0.3) is 11.8 Å². The second-order valence-electron chi connectivity index (χ2n) is 8.40. The van der Waals surface area contributed by atoms with Crippen LogP contribution in [0.2, 0.25) is 0 Å². The van der Waals surface area contributed by atoms with E-state index >= 15 is 0 Å². The molecule has 3 amide bonds. The number of anilines is 1. The Morgan fingerprint density at radius 3 is 2.24 bits per heavy atom. The Bertz CT molecular complexity index is 1440. The Balaban J connectivity index is 1.75. The zero-order valence-electron chi connectivity index (χ0n) is 20.0. The van der Waals surface area contributed by atoms with Gasteiger partial charge in [-0.2, -0.15) is 4.37 Å². The third-order valence-corrected chi connectivity index (χ3v) is 6.61. The van der Waals surface area contributed by atoms with E-state index in [1.54, 1.807) is 36.4 Å². The van der Waals surface area contributed by atoms with Gasteiger partial charge in [0.15, 0.2) is 5.69 Å². The second kappa shape index (κ2) is 11.5. The van der Waals surface area contributed by atoms with Crippen LogP contribution in [0.4, 0.5) is 10.1 Å². The lowest BCUT2D eigenvalue weighted by Gasteiger charge is -2.31. The molecule has 0 radical (unpaired) electrons. The first-order valence-electron chi connectivity index (χ1n) is 11.5. The standard InChI is InChI=1S/C27H24FN5O4S/c28-19-10-6-16(7-11-19)14-31-26(36)23(18-8-12-20(34)13-9-18)33(15-17-4-2-1-3-5-17)27(37)24-21(29)22(25(30)35)32-38-24/h1-13,23,34H,14-15,29H2,(H2,30,35)(H,31,36)/t23-/m0/s1. The van der Waals surface area contributed by atoms with E-state index < -0.39 is 29.6 Å². The highest BCUT2D eigenvalue weighted by atomic mass is 32.1. The van der Waals surface area contributed by atoms with E-state index in [1.165, 1.54) is 41.3 Å². The van der Waals surface area contributed by atoms with Crippen LogP contribution in [0.1, 0.15) is 42.9 Å². The summed E-state index contributed by atoms with van der Waals surface area (Å²) >= 11 is 0.716. The van der Waals surface area contributed by atoms with Crippen LogP contribution in [0, 0.1) is 5.82 Å². The minimum absolute atomic E-state index is 0.0123. The van der Waals surface area contributed by atoms with Crippen LogP contribution >= 0.6 is 11.5 Å². The molecule has 4 aromatic rings. The molecule has 0 bridgehead atoms. The summed E-state index contributed by atoms with van der Waals surface area (Å²) in [6.07, 6.45) is 0. The highest BCUT2D eigenvalue weighted by Crippen LogP contribution is 2.31. The molecule has 0 aliphatic heterocycles. The van der Waals surface area contributed by atoms with Gasteiger partial charge in [0, 0.05) is 13.1 Å². The Labute approximate surface area is 221 Å². The van der Waals surface area contributed by atoms with Crippen molar-refractivity contribution in [1.29, 1.82) is 0 Å². The van der Waals surface area contributed by atoms with Crippen LogP contribution in [-0.4, -0.2) is 32.1 Å². The molecule has 0 saturated carbocycles. The van der Waals surface area contributed by atoms with Crippen molar-refractivity contribution in [2.45, 2.75) is 19.1 Å². The van der Waals surface area contributed by atoms with Crippen LogP contribution in [0.3, 0.4) is 0 Å². The molecule has 9 nitrogen and oxygen atoms in total. The lowest BCUT2D eigenvalue weighted by atomic mass is 10.0. The molecule has 1 heterocycles. The fraction of sp³-hybridized carbons (Fsp3) is 0.111. The summed E-state index contributed by atoms with van der Waals surface area (Å²) in [6, 6.07) is 19.4. The number of rotatable bonds is 9. The molecule has 11 heteroatoms. The molecular formula is C27H24FN5O4S. The summed E-state index contributed by atoms with van der Waals surface area (Å²) in [5, 5.41) is 12.6. The van der Waals surface area contributed by atoms with Crippen molar-refractivity contribution in [2.75, 3.05) is 5.73 Å². The molecular weight excluding hydrogens is 509 g/mol. The zero-order valence-corrected chi connectivity index (χ0v) is 20.8. The van der Waals surface area contributed by atoms with Gasteiger partial charge in [-0.05, 0) is 52.5 Å². The normalized spacial score (nSPS) is 11.5. The fourth-order valence-electron chi connectivity index (χ4n) is 3.84. The molecule has 6 N–H and O–H groups in total. The van der Waals surface area contributed by atoms with Gasteiger partial charge in [-0.25, -0.2) is 4.39 Å². The number of benzene rings is 3. The van der Waals surface area contributed by atoms with Crippen molar-refractivity contribution in [3.63, 3.8) is 0 Å². The molecule has 194 valence electrons. The number of hydrogen-bond donors (Lipinski definition) is 4. The van der Waals surface area contributed by atoms with Gasteiger partial charge in [-0.3, -0.25) is 14.4 Å². The Kier molecular flexibility index (Phi) is 7.97. The number of halogens is 1. The number of aromatic nitrogens is 1. The number of primary amides is 1. The monoisotopic (exact) mass is 533 g/mol. The van der Waals surface area contributed by atoms with E-state index in [2.05, 4.69) is 9.69 Å². The topological polar surface area (TPSA) is 152 Å². The van der Waals surface area contributed by atoms with Crippen molar-refractivity contribution < 1.29 is 23.9 Å². The summed E-state index contributed by atoms with van der Waals surface area (Å²) in [4.78, 5) is 40.6. The van der Waals surface area contributed by atoms with Crippen LogP contribution in [0.5, 0.6) is 5.75 Å². The summed E-state index contributed by atoms with van der Waals surface area (Å²) in [6.45, 7) is 0.0913. The number of nitrogens with one attached hydrogen (secondary N) is 1. The number of aromatic hydroxyl groups is 1. The molecule has 0 aliphatic carbocycles. The average molecular weight is 534 g/mol. The highest BCUT2D eigenvalue weighted by Gasteiger charge is 2.35. The molecule has 3 aromatic carbocycles. The minimum Gasteiger partial charge on any atom is -0.508 e. The molecule has 4 rings (SSSR count). The van der Waals surface area contributed by atoms with Crippen molar-refractivity contribution in [3.8, 4) is 5.75 Å². The predicted octanol–water partition coefficient (Wildman–Crippen LogP) is 3.37. The molecule has 0 fully saturated rings. The number of hydrogen-bond acceptors (Lipinski definition) is 7. The van der Waals surface area contributed by atoms with Crippen LogP contribution in [-0.2, 0) is 17.9 Å². The van der Waals surface area contributed by atoms with Crippen molar-refractivity contribution in [2.24, 2.45) is 5.73 Å². The Morgan fingerprint density at radius 2 is 1.63 bits per heavy atom. The van der Waals surface area contributed by atoms with E-state index in [0.29, 0.717) is 22.7 Å². The molecule has 0 aliphatic rings. The number of amides is 3. The Hall–Kier alpha value is -4.77. The van der Waals surface area contributed by atoms with E-state index in [4.69, 9.17) is 11.5 Å². The number of nitrogens with zero attached hydrogens (tertiary/aromatic N) is 2. The third-order valence-electron chi connectivity index (χ3n) is 5.76. The number of phenolic OH excluding ortho intramolecular Hbond substituents is 1. The largest absolute Gasteiger partial charge is 0.508 e. The van der Waals surface area contributed by atoms with E-state index in [9.17, 15) is 23.9 Å². The van der Waals surface area contributed by atoms with Crippen LogP contribution in [0.25, 0.3) is 0 Å². The average Bonchev–Trinajstić information content (AvgIpc) is 3.30. The maximum absolute atomic E-state index is 13.9. The van der Waals surface area contributed by atoms with Crippen molar-refractivity contribution in [1.82, 2.24) is 14.6 Å². The lowest BCUT2D eigenvalue weighted by Crippen LogP contribution is -2.43. The number of carbonyl (C=O) groups is 3. The van der Waals surface area contributed by atoms with Crippen molar-refractivity contribution in [3.05, 3.63) is 112 Å². The van der Waals surface area contributed by atoms with Crippen LogP contribution in [0.15, 0.2) is 78.9 Å².